The maximum Gasteiger partial charge on any atom is 0.218 e. The predicted octanol–water partition coefficient (Wildman–Crippen LogP) is 2.41. The van der Waals surface area contributed by atoms with Crippen molar-refractivity contribution in [1.29, 1.82) is 0 Å². The summed E-state index contributed by atoms with van der Waals surface area (Å²) >= 11 is 0. The SMILES string of the molecule is O=S(=O)(Cc1ccccc1)N1CCC(Nc2ccc3nnc(C4CC4)n3n2)CC1. The van der Waals surface area contributed by atoms with Gasteiger partial charge in [-0.3, -0.25) is 0 Å². The fourth-order valence-electron chi connectivity index (χ4n) is 3.84. The Balaban J connectivity index is 1.22. The topological polar surface area (TPSA) is 92.5 Å². The van der Waals surface area contributed by atoms with Crippen LogP contribution in [0.5, 0.6) is 0 Å². The maximum absolute atomic E-state index is 12.7. The van der Waals surface area contributed by atoms with Gasteiger partial charge in [0.15, 0.2) is 11.5 Å². The van der Waals surface area contributed by atoms with E-state index in [1.54, 1.807) is 4.31 Å². The molecule has 2 fully saturated rings. The van der Waals surface area contributed by atoms with Crippen molar-refractivity contribution in [2.75, 3.05) is 18.4 Å². The van der Waals surface area contributed by atoms with Crippen LogP contribution in [0.4, 0.5) is 5.82 Å². The van der Waals surface area contributed by atoms with Gasteiger partial charge in [0.05, 0.1) is 5.75 Å². The quantitative estimate of drug-likeness (QED) is 0.668. The van der Waals surface area contributed by atoms with Crippen molar-refractivity contribution < 1.29 is 8.42 Å². The second-order valence-electron chi connectivity index (χ2n) is 7.88. The Morgan fingerprint density at radius 1 is 0.966 bits per heavy atom. The van der Waals surface area contributed by atoms with Gasteiger partial charge in [0.1, 0.15) is 5.82 Å². The summed E-state index contributed by atoms with van der Waals surface area (Å²) in [6, 6.07) is 13.4. The molecule has 1 N–H and O–H groups in total. The zero-order chi connectivity index (χ0) is 19.8. The Bertz CT molecular complexity index is 1100. The second-order valence-corrected chi connectivity index (χ2v) is 9.85. The van der Waals surface area contributed by atoms with E-state index in [9.17, 15) is 8.42 Å². The molecular formula is C20H24N6O2S. The lowest BCUT2D eigenvalue weighted by Gasteiger charge is -2.31. The number of fused-ring (bicyclic) bond motifs is 1. The molecule has 0 atom stereocenters. The summed E-state index contributed by atoms with van der Waals surface area (Å²) in [5.41, 5.74) is 1.59. The molecule has 29 heavy (non-hydrogen) atoms. The average molecular weight is 413 g/mol. The molecule has 8 nitrogen and oxygen atoms in total. The van der Waals surface area contributed by atoms with Crippen LogP contribution in [0.15, 0.2) is 42.5 Å². The normalized spacial score (nSPS) is 18.9. The van der Waals surface area contributed by atoms with Crippen molar-refractivity contribution in [3.05, 3.63) is 53.9 Å². The van der Waals surface area contributed by atoms with Crippen LogP contribution in [-0.4, -0.2) is 51.7 Å². The van der Waals surface area contributed by atoms with Gasteiger partial charge in [0, 0.05) is 25.0 Å². The van der Waals surface area contributed by atoms with Crippen LogP contribution in [0, 0.1) is 0 Å². The van der Waals surface area contributed by atoms with Crippen LogP contribution >= 0.6 is 0 Å². The molecule has 1 saturated heterocycles. The molecule has 9 heteroatoms. The Morgan fingerprint density at radius 2 is 1.72 bits per heavy atom. The molecule has 152 valence electrons. The molecule has 2 aliphatic rings. The van der Waals surface area contributed by atoms with Gasteiger partial charge in [-0.15, -0.1) is 15.3 Å². The van der Waals surface area contributed by atoms with Gasteiger partial charge in [0.2, 0.25) is 10.0 Å². The van der Waals surface area contributed by atoms with Crippen LogP contribution in [0.25, 0.3) is 5.65 Å². The summed E-state index contributed by atoms with van der Waals surface area (Å²) in [4.78, 5) is 0. The van der Waals surface area contributed by atoms with E-state index in [1.807, 2.05) is 47.0 Å². The molecule has 1 saturated carbocycles. The lowest BCUT2D eigenvalue weighted by Crippen LogP contribution is -2.42. The molecule has 2 aromatic heterocycles. The Morgan fingerprint density at radius 3 is 2.45 bits per heavy atom. The Kier molecular flexibility index (Phi) is 4.71. The molecule has 3 aromatic rings. The highest BCUT2D eigenvalue weighted by atomic mass is 32.2. The third kappa shape index (κ3) is 3.97. The number of nitrogens with zero attached hydrogens (tertiary/aromatic N) is 5. The summed E-state index contributed by atoms with van der Waals surface area (Å²) in [6.07, 6.45) is 3.81. The number of benzene rings is 1. The zero-order valence-corrected chi connectivity index (χ0v) is 16.9. The van der Waals surface area contributed by atoms with Crippen LogP contribution in [0.2, 0.25) is 0 Å². The van der Waals surface area contributed by atoms with E-state index in [2.05, 4.69) is 20.6 Å². The number of hydrogen-bond acceptors (Lipinski definition) is 6. The number of sulfonamides is 1. The van der Waals surface area contributed by atoms with Crippen molar-refractivity contribution in [1.82, 2.24) is 24.1 Å². The number of piperidine rings is 1. The summed E-state index contributed by atoms with van der Waals surface area (Å²) in [6.45, 7) is 1.05. The predicted molar refractivity (Wildman–Crippen MR) is 110 cm³/mol. The number of hydrogen-bond donors (Lipinski definition) is 1. The molecule has 1 aromatic carbocycles. The van der Waals surface area contributed by atoms with Gasteiger partial charge in [-0.25, -0.2) is 12.7 Å². The smallest absolute Gasteiger partial charge is 0.218 e. The van der Waals surface area contributed by atoms with Gasteiger partial charge in [-0.1, -0.05) is 30.3 Å². The van der Waals surface area contributed by atoms with E-state index in [-0.39, 0.29) is 11.8 Å². The van der Waals surface area contributed by atoms with Crippen LogP contribution in [0.3, 0.4) is 0 Å². The monoisotopic (exact) mass is 412 g/mol. The number of aromatic nitrogens is 4. The molecule has 1 aliphatic heterocycles. The number of anilines is 1. The minimum atomic E-state index is -3.29. The lowest BCUT2D eigenvalue weighted by atomic mass is 10.1. The number of rotatable bonds is 6. The summed E-state index contributed by atoms with van der Waals surface area (Å²) in [5, 5.41) is 16.6. The first-order valence-electron chi connectivity index (χ1n) is 10.1. The second kappa shape index (κ2) is 7.38. The van der Waals surface area contributed by atoms with Crippen molar-refractivity contribution in [3.8, 4) is 0 Å². The molecule has 0 radical (unpaired) electrons. The molecule has 1 aliphatic carbocycles. The first kappa shape index (κ1) is 18.5. The van der Waals surface area contributed by atoms with Gasteiger partial charge in [0.25, 0.3) is 0 Å². The van der Waals surface area contributed by atoms with Crippen molar-refractivity contribution in [2.24, 2.45) is 0 Å². The van der Waals surface area contributed by atoms with E-state index in [0.29, 0.717) is 19.0 Å². The highest BCUT2D eigenvalue weighted by Crippen LogP contribution is 2.38. The summed E-state index contributed by atoms with van der Waals surface area (Å²) in [7, 11) is -3.29. The molecule has 0 bridgehead atoms. The van der Waals surface area contributed by atoms with Crippen LogP contribution in [0.1, 0.15) is 43.0 Å². The highest BCUT2D eigenvalue weighted by Gasteiger charge is 2.30. The highest BCUT2D eigenvalue weighted by molar-refractivity contribution is 7.88. The molecular weight excluding hydrogens is 388 g/mol. The molecule has 0 unspecified atom stereocenters. The van der Waals surface area contributed by atoms with E-state index < -0.39 is 10.0 Å². The van der Waals surface area contributed by atoms with Crippen molar-refractivity contribution in [3.63, 3.8) is 0 Å². The minimum Gasteiger partial charge on any atom is -0.366 e. The van der Waals surface area contributed by atoms with Gasteiger partial charge >= 0.3 is 0 Å². The molecule has 0 spiro atoms. The van der Waals surface area contributed by atoms with Crippen LogP contribution in [-0.2, 0) is 15.8 Å². The summed E-state index contributed by atoms with van der Waals surface area (Å²) < 4.78 is 28.9. The minimum absolute atomic E-state index is 0.0573. The van der Waals surface area contributed by atoms with E-state index >= 15 is 0 Å². The fourth-order valence-corrected chi connectivity index (χ4v) is 5.41. The zero-order valence-electron chi connectivity index (χ0n) is 16.1. The Hall–Kier alpha value is -2.52. The first-order chi connectivity index (χ1) is 14.1. The maximum atomic E-state index is 12.7. The van der Waals surface area contributed by atoms with E-state index in [4.69, 9.17) is 0 Å². The molecule has 0 amide bonds. The largest absolute Gasteiger partial charge is 0.366 e. The third-order valence-corrected chi connectivity index (χ3v) is 7.47. The Labute approximate surface area is 170 Å². The van der Waals surface area contributed by atoms with Gasteiger partial charge in [-0.2, -0.15) is 4.52 Å². The summed E-state index contributed by atoms with van der Waals surface area (Å²) in [5.74, 6) is 2.25. The fraction of sp³-hybridized carbons (Fsp3) is 0.450. The average Bonchev–Trinajstić information content (AvgIpc) is 3.48. The van der Waals surface area contributed by atoms with Gasteiger partial charge < -0.3 is 5.32 Å². The molecule has 3 heterocycles. The van der Waals surface area contributed by atoms with Crippen LogP contribution < -0.4 is 5.32 Å². The van der Waals surface area contributed by atoms with Gasteiger partial charge in [-0.05, 0) is 43.4 Å². The van der Waals surface area contributed by atoms with Crippen molar-refractivity contribution in [2.45, 2.75) is 43.4 Å². The number of nitrogens with one attached hydrogen (secondary N) is 1. The lowest BCUT2D eigenvalue weighted by molar-refractivity contribution is 0.329. The van der Waals surface area contributed by atoms with Crippen molar-refractivity contribution >= 4 is 21.5 Å². The third-order valence-electron chi connectivity index (χ3n) is 5.62. The van der Waals surface area contributed by atoms with E-state index in [0.717, 1.165) is 48.5 Å². The standard InChI is InChI=1S/C20H24N6O2S/c27-29(28,14-15-4-2-1-3-5-15)25-12-10-17(11-13-25)21-18-8-9-19-22-23-20(16-6-7-16)26(19)24-18/h1-5,8-9,16-17H,6-7,10-14H2,(H,21,24). The van der Waals surface area contributed by atoms with E-state index in [1.165, 1.54) is 0 Å². The first-order valence-corrected chi connectivity index (χ1v) is 11.7. The molecule has 5 rings (SSSR count).